The van der Waals surface area contributed by atoms with Crippen molar-refractivity contribution in [1.82, 2.24) is 4.90 Å². The van der Waals surface area contributed by atoms with Crippen LogP contribution in [-0.4, -0.2) is 43.0 Å². The van der Waals surface area contributed by atoms with Crippen LogP contribution >= 0.6 is 0 Å². The summed E-state index contributed by atoms with van der Waals surface area (Å²) in [5.74, 6) is -0.597. The minimum Gasteiger partial charge on any atom is -0.468 e. The molecule has 1 unspecified atom stereocenters. The van der Waals surface area contributed by atoms with Gasteiger partial charge in [-0.3, -0.25) is 9.59 Å². The molecule has 5 nitrogen and oxygen atoms in total. The Hall–Kier alpha value is -1.10. The Morgan fingerprint density at radius 2 is 2.55 bits per heavy atom. The van der Waals surface area contributed by atoms with Crippen LogP contribution in [-0.2, 0) is 14.3 Å². The fourth-order valence-electron chi connectivity index (χ4n) is 0.890. The van der Waals surface area contributed by atoms with Gasteiger partial charge in [-0.2, -0.15) is 0 Å². The standard InChI is InChI=1S/C6H10N2O3/c1-11-5(9)3-8-2-4(7)6(8)10/h4H,2-3,7H2,1H3. The Morgan fingerprint density at radius 3 is 2.91 bits per heavy atom. The van der Waals surface area contributed by atoms with Crippen molar-refractivity contribution >= 4 is 11.9 Å². The number of ether oxygens (including phenoxy) is 1. The second-order valence-corrected chi connectivity index (χ2v) is 2.40. The van der Waals surface area contributed by atoms with Gasteiger partial charge in [0.05, 0.1) is 7.11 Å². The first-order valence-corrected chi connectivity index (χ1v) is 3.26. The molecule has 62 valence electrons. The fourth-order valence-corrected chi connectivity index (χ4v) is 0.890. The van der Waals surface area contributed by atoms with Gasteiger partial charge >= 0.3 is 5.97 Å². The molecule has 0 bridgehead atoms. The molecule has 1 aliphatic rings. The number of esters is 1. The molecule has 1 heterocycles. The van der Waals surface area contributed by atoms with Crippen molar-refractivity contribution in [1.29, 1.82) is 0 Å². The number of likely N-dealkylation sites (tertiary alicyclic amines) is 1. The van der Waals surface area contributed by atoms with Crippen molar-refractivity contribution in [3.05, 3.63) is 0 Å². The first kappa shape index (κ1) is 8.00. The van der Waals surface area contributed by atoms with Gasteiger partial charge in [-0.1, -0.05) is 0 Å². The number of amides is 1. The van der Waals surface area contributed by atoms with E-state index in [1.165, 1.54) is 12.0 Å². The SMILES string of the molecule is COC(=O)CN1CC(N)C1=O. The highest BCUT2D eigenvalue weighted by molar-refractivity contribution is 5.90. The van der Waals surface area contributed by atoms with Gasteiger partial charge in [0.1, 0.15) is 12.6 Å². The molecule has 1 saturated heterocycles. The second kappa shape index (κ2) is 2.87. The maximum absolute atomic E-state index is 10.8. The Morgan fingerprint density at radius 1 is 1.91 bits per heavy atom. The summed E-state index contributed by atoms with van der Waals surface area (Å²) in [6, 6.07) is -0.417. The zero-order chi connectivity index (χ0) is 8.43. The molecule has 0 aromatic heterocycles. The molecule has 0 radical (unpaired) electrons. The van der Waals surface area contributed by atoms with Crippen LogP contribution in [0.1, 0.15) is 0 Å². The van der Waals surface area contributed by atoms with Gasteiger partial charge in [0.15, 0.2) is 0 Å². The zero-order valence-electron chi connectivity index (χ0n) is 6.24. The Balaban J connectivity index is 2.30. The lowest BCUT2D eigenvalue weighted by Gasteiger charge is -2.34. The van der Waals surface area contributed by atoms with Gasteiger partial charge in [-0.05, 0) is 0 Å². The van der Waals surface area contributed by atoms with Gasteiger partial charge in [0, 0.05) is 6.54 Å². The van der Waals surface area contributed by atoms with E-state index in [0.29, 0.717) is 6.54 Å². The summed E-state index contributed by atoms with van der Waals surface area (Å²) in [7, 11) is 1.28. The van der Waals surface area contributed by atoms with E-state index in [4.69, 9.17) is 5.73 Å². The fraction of sp³-hybridized carbons (Fsp3) is 0.667. The summed E-state index contributed by atoms with van der Waals surface area (Å²) >= 11 is 0. The summed E-state index contributed by atoms with van der Waals surface area (Å²) in [6.07, 6.45) is 0. The number of hydrogen-bond acceptors (Lipinski definition) is 4. The van der Waals surface area contributed by atoms with E-state index in [2.05, 4.69) is 4.74 Å². The molecule has 0 aromatic rings. The third-order valence-corrected chi connectivity index (χ3v) is 1.59. The van der Waals surface area contributed by atoms with E-state index in [1.807, 2.05) is 0 Å². The highest BCUT2D eigenvalue weighted by Crippen LogP contribution is 2.06. The molecule has 0 aliphatic carbocycles. The molecule has 11 heavy (non-hydrogen) atoms. The van der Waals surface area contributed by atoms with E-state index in [-0.39, 0.29) is 12.5 Å². The molecule has 5 heteroatoms. The van der Waals surface area contributed by atoms with E-state index in [1.54, 1.807) is 0 Å². The predicted octanol–water partition coefficient (Wildman–Crippen LogP) is -1.67. The number of carbonyl (C=O) groups excluding carboxylic acids is 2. The van der Waals surface area contributed by atoms with E-state index in [9.17, 15) is 9.59 Å². The average molecular weight is 158 g/mol. The highest BCUT2D eigenvalue weighted by atomic mass is 16.5. The molecular formula is C6H10N2O3. The quantitative estimate of drug-likeness (QED) is 0.385. The number of rotatable bonds is 2. The van der Waals surface area contributed by atoms with Crippen molar-refractivity contribution in [2.75, 3.05) is 20.2 Å². The summed E-state index contributed by atoms with van der Waals surface area (Å²) < 4.78 is 4.37. The number of methoxy groups -OCH3 is 1. The first-order chi connectivity index (χ1) is 5.15. The van der Waals surface area contributed by atoms with Crippen LogP contribution < -0.4 is 5.73 Å². The third kappa shape index (κ3) is 1.48. The summed E-state index contributed by atoms with van der Waals surface area (Å²) in [6.45, 7) is 0.469. The van der Waals surface area contributed by atoms with Crippen molar-refractivity contribution < 1.29 is 14.3 Å². The van der Waals surface area contributed by atoms with Crippen LogP contribution in [0.25, 0.3) is 0 Å². The van der Waals surface area contributed by atoms with Gasteiger partial charge in [0.25, 0.3) is 0 Å². The Kier molecular flexibility index (Phi) is 2.09. The molecule has 1 aliphatic heterocycles. The lowest BCUT2D eigenvalue weighted by atomic mass is 10.1. The van der Waals surface area contributed by atoms with Crippen molar-refractivity contribution in [3.8, 4) is 0 Å². The minimum absolute atomic E-state index is 0.0169. The van der Waals surface area contributed by atoms with Crippen LogP contribution in [0, 0.1) is 0 Å². The Labute approximate surface area is 64.1 Å². The predicted molar refractivity (Wildman–Crippen MR) is 36.6 cm³/mol. The van der Waals surface area contributed by atoms with E-state index >= 15 is 0 Å². The van der Waals surface area contributed by atoms with Gasteiger partial charge in [-0.15, -0.1) is 0 Å². The maximum atomic E-state index is 10.8. The molecule has 1 amide bonds. The van der Waals surface area contributed by atoms with Crippen molar-refractivity contribution in [2.45, 2.75) is 6.04 Å². The number of nitrogens with zero attached hydrogens (tertiary/aromatic N) is 1. The lowest BCUT2D eigenvalue weighted by Crippen LogP contribution is -2.62. The van der Waals surface area contributed by atoms with Crippen LogP contribution in [0.5, 0.6) is 0 Å². The van der Waals surface area contributed by atoms with Crippen LogP contribution in [0.15, 0.2) is 0 Å². The topological polar surface area (TPSA) is 72.6 Å². The highest BCUT2D eigenvalue weighted by Gasteiger charge is 2.34. The number of β-lactam (4-membered cyclic amide) rings is 1. The largest absolute Gasteiger partial charge is 0.468 e. The number of carbonyl (C=O) groups is 2. The van der Waals surface area contributed by atoms with Gasteiger partial charge in [0.2, 0.25) is 5.91 Å². The lowest BCUT2D eigenvalue weighted by molar-refractivity contribution is -0.153. The molecule has 2 N–H and O–H groups in total. The minimum atomic E-state index is -0.417. The summed E-state index contributed by atoms with van der Waals surface area (Å²) in [5, 5.41) is 0. The molecular weight excluding hydrogens is 148 g/mol. The molecule has 1 atom stereocenters. The molecule has 1 rings (SSSR count). The molecule has 1 fully saturated rings. The smallest absolute Gasteiger partial charge is 0.325 e. The van der Waals surface area contributed by atoms with Gasteiger partial charge in [-0.25, -0.2) is 0 Å². The normalized spacial score (nSPS) is 22.9. The number of hydrogen-bond donors (Lipinski definition) is 1. The maximum Gasteiger partial charge on any atom is 0.325 e. The first-order valence-electron chi connectivity index (χ1n) is 3.26. The Bertz CT molecular complexity index is 192. The zero-order valence-corrected chi connectivity index (χ0v) is 6.24. The summed E-state index contributed by atoms with van der Waals surface area (Å²) in [5.41, 5.74) is 5.29. The molecule has 0 aromatic carbocycles. The van der Waals surface area contributed by atoms with E-state index < -0.39 is 12.0 Å². The van der Waals surface area contributed by atoms with Crippen LogP contribution in [0.4, 0.5) is 0 Å². The van der Waals surface area contributed by atoms with Crippen molar-refractivity contribution in [2.24, 2.45) is 5.73 Å². The van der Waals surface area contributed by atoms with Crippen LogP contribution in [0.2, 0.25) is 0 Å². The second-order valence-electron chi connectivity index (χ2n) is 2.40. The number of nitrogens with two attached hydrogens (primary N) is 1. The van der Waals surface area contributed by atoms with Crippen LogP contribution in [0.3, 0.4) is 0 Å². The van der Waals surface area contributed by atoms with E-state index in [0.717, 1.165) is 0 Å². The summed E-state index contributed by atoms with van der Waals surface area (Å²) in [4.78, 5) is 22.8. The monoisotopic (exact) mass is 158 g/mol. The average Bonchev–Trinajstić information content (AvgIpc) is 2.03. The molecule has 0 spiro atoms. The van der Waals surface area contributed by atoms with Gasteiger partial charge < -0.3 is 15.4 Å². The third-order valence-electron chi connectivity index (χ3n) is 1.59. The molecule has 0 saturated carbocycles. The van der Waals surface area contributed by atoms with Crippen molar-refractivity contribution in [3.63, 3.8) is 0 Å².